The normalized spacial score (nSPS) is 24.6. The minimum atomic E-state index is -0.762. The van der Waals surface area contributed by atoms with Crippen molar-refractivity contribution in [2.24, 2.45) is 0 Å². The van der Waals surface area contributed by atoms with Crippen LogP contribution in [0.15, 0.2) is 30.3 Å². The average Bonchev–Trinajstić information content (AvgIpc) is 3.35. The number of anilines is 2. The predicted octanol–water partition coefficient (Wildman–Crippen LogP) is 1.71. The number of hydrogen-bond acceptors (Lipinski definition) is 8. The van der Waals surface area contributed by atoms with E-state index < -0.39 is 18.4 Å². The molecule has 0 saturated carbocycles. The van der Waals surface area contributed by atoms with E-state index >= 15 is 0 Å². The Hall–Kier alpha value is -2.75. The number of imidazole rings is 1. The van der Waals surface area contributed by atoms with Gasteiger partial charge in [0.25, 0.3) is 0 Å². The number of piperidine rings is 1. The topological polar surface area (TPSA) is 123 Å². The molecule has 0 amide bonds. The second kappa shape index (κ2) is 7.82. The van der Waals surface area contributed by atoms with Crippen LogP contribution >= 0.6 is 0 Å². The Morgan fingerprint density at radius 1 is 1.07 bits per heavy atom. The van der Waals surface area contributed by atoms with E-state index in [9.17, 15) is 10.2 Å². The predicted molar refractivity (Wildman–Crippen MR) is 113 cm³/mol. The maximum atomic E-state index is 10.3. The molecular weight excluding hydrogens is 384 g/mol. The van der Waals surface area contributed by atoms with Crippen molar-refractivity contribution in [2.45, 2.75) is 44.1 Å². The Bertz CT molecular complexity index is 1030. The molecule has 2 aromatic heterocycles. The maximum absolute atomic E-state index is 10.3. The molecule has 2 fully saturated rings. The van der Waals surface area contributed by atoms with E-state index in [0.29, 0.717) is 35.2 Å². The summed E-state index contributed by atoms with van der Waals surface area (Å²) in [6, 6.07) is 9.74. The number of nitrogen functional groups attached to an aromatic ring is 1. The van der Waals surface area contributed by atoms with Crippen molar-refractivity contribution >= 4 is 22.9 Å². The highest BCUT2D eigenvalue weighted by Crippen LogP contribution is 2.37. The van der Waals surface area contributed by atoms with Gasteiger partial charge in [-0.3, -0.25) is 4.57 Å². The summed E-state index contributed by atoms with van der Waals surface area (Å²) in [7, 11) is 0. The number of hydrogen-bond donors (Lipinski definition) is 3. The molecule has 4 heterocycles. The zero-order chi connectivity index (χ0) is 20.7. The minimum absolute atomic E-state index is 0.249. The van der Waals surface area contributed by atoms with Crippen LogP contribution in [0.3, 0.4) is 0 Å². The third-order valence-electron chi connectivity index (χ3n) is 5.90. The van der Waals surface area contributed by atoms with Crippen molar-refractivity contribution in [1.82, 2.24) is 19.5 Å². The number of fused-ring (bicyclic) bond motifs is 1. The first-order valence-electron chi connectivity index (χ1n) is 10.5. The third-order valence-corrected chi connectivity index (χ3v) is 5.90. The summed E-state index contributed by atoms with van der Waals surface area (Å²) in [5, 5.41) is 19.9. The van der Waals surface area contributed by atoms with Gasteiger partial charge in [0.15, 0.2) is 17.0 Å². The Labute approximate surface area is 174 Å². The molecule has 2 aliphatic rings. The molecule has 0 spiro atoms. The van der Waals surface area contributed by atoms with Crippen LogP contribution in [0.4, 0.5) is 11.8 Å². The maximum Gasteiger partial charge on any atom is 0.229 e. The number of aromatic nitrogens is 4. The molecule has 9 nitrogen and oxygen atoms in total. The Morgan fingerprint density at radius 3 is 2.53 bits per heavy atom. The van der Waals surface area contributed by atoms with Crippen LogP contribution in [-0.4, -0.2) is 61.6 Å². The highest BCUT2D eigenvalue weighted by Gasteiger charge is 2.37. The lowest BCUT2D eigenvalue weighted by molar-refractivity contribution is -0.0426. The Balaban J connectivity index is 1.68. The standard InChI is InChI=1S/C21H26N6O3/c22-18-17-20(25-21(24-18)26-9-5-2-6-10-26)27(16-11-14(29)15(12-28)30-16)19(23-17)13-7-3-1-4-8-13/h1,3-4,7-8,14-16,28-29H,2,5-6,9-12H2,(H2,22,24,25)/t14-,15+,16+/m0/s1. The van der Waals surface area contributed by atoms with Gasteiger partial charge in [-0.15, -0.1) is 0 Å². The van der Waals surface area contributed by atoms with Gasteiger partial charge in [-0.1, -0.05) is 30.3 Å². The van der Waals surface area contributed by atoms with E-state index in [1.54, 1.807) is 0 Å². The van der Waals surface area contributed by atoms with Gasteiger partial charge in [-0.05, 0) is 19.3 Å². The average molecular weight is 410 g/mol. The molecule has 4 N–H and O–H groups in total. The Kier molecular flexibility index (Phi) is 5.01. The summed E-state index contributed by atoms with van der Waals surface area (Å²) in [5.41, 5.74) is 8.30. The molecule has 2 saturated heterocycles. The quantitative estimate of drug-likeness (QED) is 0.594. The molecule has 5 rings (SSSR count). The number of benzene rings is 1. The first-order chi connectivity index (χ1) is 14.7. The summed E-state index contributed by atoms with van der Waals surface area (Å²) >= 11 is 0. The lowest BCUT2D eigenvalue weighted by Crippen LogP contribution is -2.31. The zero-order valence-electron chi connectivity index (χ0n) is 16.7. The van der Waals surface area contributed by atoms with Gasteiger partial charge in [0, 0.05) is 25.1 Å². The van der Waals surface area contributed by atoms with Gasteiger partial charge in [0.05, 0.1) is 12.7 Å². The van der Waals surface area contributed by atoms with Gasteiger partial charge >= 0.3 is 0 Å². The summed E-state index contributed by atoms with van der Waals surface area (Å²) in [6.07, 6.45) is 1.83. The van der Waals surface area contributed by atoms with Gasteiger partial charge in [-0.2, -0.15) is 9.97 Å². The molecule has 0 unspecified atom stereocenters. The fraction of sp³-hybridized carbons (Fsp3) is 0.476. The van der Waals surface area contributed by atoms with Crippen LogP contribution < -0.4 is 10.6 Å². The van der Waals surface area contributed by atoms with Crippen LogP contribution in [0.1, 0.15) is 31.9 Å². The minimum Gasteiger partial charge on any atom is -0.394 e. The van der Waals surface area contributed by atoms with E-state index in [2.05, 4.69) is 9.88 Å². The van der Waals surface area contributed by atoms with Crippen molar-refractivity contribution in [3.8, 4) is 11.4 Å². The van der Waals surface area contributed by atoms with Crippen LogP contribution in [-0.2, 0) is 4.74 Å². The molecule has 9 heteroatoms. The van der Waals surface area contributed by atoms with Crippen molar-refractivity contribution in [3.05, 3.63) is 30.3 Å². The molecule has 0 bridgehead atoms. The second-order valence-corrected chi connectivity index (χ2v) is 7.92. The molecule has 3 aromatic rings. The number of ether oxygens (including phenoxy) is 1. The van der Waals surface area contributed by atoms with Crippen molar-refractivity contribution < 1.29 is 14.9 Å². The van der Waals surface area contributed by atoms with Gasteiger partial charge < -0.3 is 25.6 Å². The van der Waals surface area contributed by atoms with Crippen LogP contribution in [0.2, 0.25) is 0 Å². The molecule has 3 atom stereocenters. The van der Waals surface area contributed by atoms with Gasteiger partial charge in [0.1, 0.15) is 18.2 Å². The number of rotatable bonds is 4. The summed E-state index contributed by atoms with van der Waals surface area (Å²) in [6.45, 7) is 1.55. The first-order valence-corrected chi connectivity index (χ1v) is 10.5. The van der Waals surface area contributed by atoms with Gasteiger partial charge in [0.2, 0.25) is 5.95 Å². The molecule has 158 valence electrons. The van der Waals surface area contributed by atoms with E-state index in [-0.39, 0.29) is 6.61 Å². The van der Waals surface area contributed by atoms with E-state index in [0.717, 1.165) is 31.5 Å². The van der Waals surface area contributed by atoms with Crippen LogP contribution in [0.25, 0.3) is 22.6 Å². The summed E-state index contributed by atoms with van der Waals surface area (Å²) in [5.74, 6) is 1.57. The Morgan fingerprint density at radius 2 is 1.83 bits per heavy atom. The largest absolute Gasteiger partial charge is 0.394 e. The lowest BCUT2D eigenvalue weighted by Gasteiger charge is -2.26. The van der Waals surface area contributed by atoms with Crippen molar-refractivity contribution in [3.63, 3.8) is 0 Å². The molecule has 0 aliphatic carbocycles. The van der Waals surface area contributed by atoms with E-state index in [1.807, 2.05) is 34.9 Å². The van der Waals surface area contributed by atoms with Gasteiger partial charge in [-0.25, -0.2) is 4.98 Å². The number of aliphatic hydroxyl groups is 2. The zero-order valence-corrected chi connectivity index (χ0v) is 16.7. The summed E-state index contributed by atoms with van der Waals surface area (Å²) in [4.78, 5) is 16.3. The van der Waals surface area contributed by atoms with Crippen molar-refractivity contribution in [2.75, 3.05) is 30.3 Å². The lowest BCUT2D eigenvalue weighted by atomic mass is 10.1. The summed E-state index contributed by atoms with van der Waals surface area (Å²) < 4.78 is 7.85. The van der Waals surface area contributed by atoms with Crippen LogP contribution in [0, 0.1) is 0 Å². The number of nitrogens with zero attached hydrogens (tertiary/aromatic N) is 5. The fourth-order valence-electron chi connectivity index (χ4n) is 4.32. The second-order valence-electron chi connectivity index (χ2n) is 7.92. The SMILES string of the molecule is Nc1nc(N2CCCCC2)nc2c1nc(-c1ccccc1)n2[C@H]1C[C@H](O)[C@@H](CO)O1. The highest BCUT2D eigenvalue weighted by atomic mass is 16.5. The van der Waals surface area contributed by atoms with Crippen molar-refractivity contribution in [1.29, 1.82) is 0 Å². The third kappa shape index (κ3) is 3.28. The fourth-order valence-corrected chi connectivity index (χ4v) is 4.32. The first kappa shape index (κ1) is 19.2. The van der Waals surface area contributed by atoms with E-state index in [1.165, 1.54) is 6.42 Å². The smallest absolute Gasteiger partial charge is 0.229 e. The monoisotopic (exact) mass is 410 g/mol. The molecule has 0 radical (unpaired) electrons. The molecular formula is C21H26N6O3. The number of nitrogens with two attached hydrogens (primary N) is 1. The molecule has 2 aliphatic heterocycles. The van der Waals surface area contributed by atoms with Crippen LogP contribution in [0.5, 0.6) is 0 Å². The number of aliphatic hydroxyl groups excluding tert-OH is 2. The van der Waals surface area contributed by atoms with E-state index in [4.69, 9.17) is 20.4 Å². The molecule has 30 heavy (non-hydrogen) atoms. The molecule has 1 aromatic carbocycles. The highest BCUT2D eigenvalue weighted by molar-refractivity contribution is 5.86.